The highest BCUT2D eigenvalue weighted by Crippen LogP contribution is 2.26. The van der Waals surface area contributed by atoms with Gasteiger partial charge >= 0.3 is 5.97 Å². The molecule has 0 fully saturated rings. The average molecular weight is 453 g/mol. The number of aromatic nitrogens is 3. The van der Waals surface area contributed by atoms with Crippen LogP contribution in [0.5, 0.6) is 0 Å². The summed E-state index contributed by atoms with van der Waals surface area (Å²) in [4.78, 5) is 29.4. The topological polar surface area (TPSA) is 85.6 Å². The van der Waals surface area contributed by atoms with Crippen molar-refractivity contribution in [2.24, 2.45) is 0 Å². The average Bonchev–Trinajstić information content (AvgIpc) is 3.42. The van der Waals surface area contributed by atoms with Gasteiger partial charge in [0, 0.05) is 11.6 Å². The van der Waals surface area contributed by atoms with E-state index in [1.807, 2.05) is 6.92 Å². The van der Waals surface area contributed by atoms with Gasteiger partial charge in [-0.25, -0.2) is 13.9 Å². The fraction of sp³-hybridized carbons (Fsp3) is 0.217. The molecule has 1 amide bonds. The number of esters is 1. The lowest BCUT2D eigenvalue weighted by atomic mass is 10.1. The van der Waals surface area contributed by atoms with Crippen molar-refractivity contribution in [3.8, 4) is 11.4 Å². The number of amides is 1. The number of benzene rings is 1. The van der Waals surface area contributed by atoms with Crippen LogP contribution in [-0.2, 0) is 22.4 Å². The fourth-order valence-corrected chi connectivity index (χ4v) is 4.15. The minimum atomic E-state index is -0.479. The number of rotatable bonds is 7. The molecule has 0 saturated carbocycles. The van der Waals surface area contributed by atoms with Gasteiger partial charge < -0.3 is 10.1 Å². The maximum Gasteiger partial charge on any atom is 0.310 e. The standard InChI is InChI=1S/C23H21FN4O3S/c1-3-14-7-5-8-16(20(14)24)22-26-21(18-9-6-10-28(18)27-22)23(30)25-17-13-32-12-15(17)11-19(29)31-4-2/h5-10,12-13H,3-4,11H2,1-2H3,(H,25,30). The molecule has 1 N–H and O–H groups in total. The van der Waals surface area contributed by atoms with E-state index in [0.717, 1.165) is 0 Å². The van der Waals surface area contributed by atoms with Gasteiger partial charge in [-0.3, -0.25) is 9.59 Å². The van der Waals surface area contributed by atoms with Crippen molar-refractivity contribution in [3.63, 3.8) is 0 Å². The van der Waals surface area contributed by atoms with E-state index in [-0.39, 0.29) is 36.1 Å². The van der Waals surface area contributed by atoms with Crippen LogP contribution >= 0.6 is 11.3 Å². The molecule has 0 unspecified atom stereocenters. The van der Waals surface area contributed by atoms with Crippen LogP contribution in [0.1, 0.15) is 35.5 Å². The maximum atomic E-state index is 14.9. The van der Waals surface area contributed by atoms with Gasteiger partial charge in [0.05, 0.1) is 29.8 Å². The first-order valence-corrected chi connectivity index (χ1v) is 11.1. The molecule has 164 valence electrons. The Morgan fingerprint density at radius 3 is 2.78 bits per heavy atom. The predicted molar refractivity (Wildman–Crippen MR) is 120 cm³/mol. The van der Waals surface area contributed by atoms with Gasteiger partial charge in [-0.05, 0) is 48.1 Å². The summed E-state index contributed by atoms with van der Waals surface area (Å²) in [5.74, 6) is -1.13. The van der Waals surface area contributed by atoms with Crippen LogP contribution in [0, 0.1) is 5.82 Å². The van der Waals surface area contributed by atoms with Crippen molar-refractivity contribution >= 4 is 34.4 Å². The number of ether oxygens (including phenoxy) is 1. The highest BCUT2D eigenvalue weighted by molar-refractivity contribution is 7.08. The van der Waals surface area contributed by atoms with E-state index < -0.39 is 11.7 Å². The number of hydrogen-bond acceptors (Lipinski definition) is 6. The molecule has 3 aromatic heterocycles. The summed E-state index contributed by atoms with van der Waals surface area (Å²) in [7, 11) is 0. The molecule has 0 aliphatic rings. The molecule has 4 rings (SSSR count). The van der Waals surface area contributed by atoms with Crippen molar-refractivity contribution in [1.82, 2.24) is 14.6 Å². The number of carbonyl (C=O) groups is 2. The van der Waals surface area contributed by atoms with Crippen LogP contribution < -0.4 is 5.32 Å². The molecule has 0 bridgehead atoms. The second kappa shape index (κ2) is 9.27. The monoisotopic (exact) mass is 452 g/mol. The van der Waals surface area contributed by atoms with Gasteiger partial charge in [0.1, 0.15) is 5.82 Å². The number of nitrogens with one attached hydrogen (secondary N) is 1. The zero-order valence-electron chi connectivity index (χ0n) is 17.6. The molecule has 7 nitrogen and oxygen atoms in total. The molecule has 4 aromatic rings. The number of thiophene rings is 1. The lowest BCUT2D eigenvalue weighted by molar-refractivity contribution is -0.142. The van der Waals surface area contributed by atoms with Crippen LogP contribution in [0.3, 0.4) is 0 Å². The van der Waals surface area contributed by atoms with E-state index >= 15 is 0 Å². The third kappa shape index (κ3) is 4.24. The smallest absolute Gasteiger partial charge is 0.310 e. The zero-order chi connectivity index (χ0) is 22.7. The predicted octanol–water partition coefficient (Wildman–Crippen LogP) is 4.52. The third-order valence-corrected chi connectivity index (χ3v) is 5.73. The highest BCUT2D eigenvalue weighted by Gasteiger charge is 2.20. The quantitative estimate of drug-likeness (QED) is 0.417. The second-order valence-corrected chi connectivity index (χ2v) is 7.74. The first-order chi connectivity index (χ1) is 15.5. The van der Waals surface area contributed by atoms with Gasteiger partial charge in [-0.1, -0.05) is 19.1 Å². The van der Waals surface area contributed by atoms with E-state index in [4.69, 9.17) is 4.74 Å². The number of carbonyl (C=O) groups excluding carboxylic acids is 2. The minimum absolute atomic E-state index is 0.0531. The Morgan fingerprint density at radius 2 is 2.00 bits per heavy atom. The highest BCUT2D eigenvalue weighted by atomic mass is 32.1. The Kier molecular flexibility index (Phi) is 6.27. The van der Waals surface area contributed by atoms with Crippen molar-refractivity contribution in [1.29, 1.82) is 0 Å². The number of anilines is 1. The molecule has 0 saturated heterocycles. The first-order valence-electron chi connectivity index (χ1n) is 10.2. The minimum Gasteiger partial charge on any atom is -0.466 e. The molecule has 3 heterocycles. The van der Waals surface area contributed by atoms with Crippen LogP contribution in [0.25, 0.3) is 16.9 Å². The van der Waals surface area contributed by atoms with E-state index in [2.05, 4.69) is 15.4 Å². The molecule has 1 aromatic carbocycles. The normalized spacial score (nSPS) is 11.0. The second-order valence-electron chi connectivity index (χ2n) is 7.00. The summed E-state index contributed by atoms with van der Waals surface area (Å²) in [6.45, 7) is 3.89. The number of aryl methyl sites for hydroxylation is 1. The summed E-state index contributed by atoms with van der Waals surface area (Å²) >= 11 is 1.36. The van der Waals surface area contributed by atoms with Crippen molar-refractivity contribution < 1.29 is 18.7 Å². The van der Waals surface area contributed by atoms with Crippen LogP contribution in [0.15, 0.2) is 47.3 Å². The van der Waals surface area contributed by atoms with Crippen molar-refractivity contribution in [2.75, 3.05) is 11.9 Å². The Labute approximate surface area is 187 Å². The number of hydrogen-bond donors (Lipinski definition) is 1. The van der Waals surface area contributed by atoms with E-state index in [0.29, 0.717) is 28.8 Å². The lowest BCUT2D eigenvalue weighted by Gasteiger charge is -2.10. The van der Waals surface area contributed by atoms with Gasteiger partial charge in [-0.2, -0.15) is 0 Å². The largest absolute Gasteiger partial charge is 0.466 e. The van der Waals surface area contributed by atoms with Crippen LogP contribution in [0.2, 0.25) is 0 Å². The maximum absolute atomic E-state index is 14.9. The Balaban J connectivity index is 1.70. The molecule has 0 radical (unpaired) electrons. The van der Waals surface area contributed by atoms with Crippen LogP contribution in [-0.4, -0.2) is 33.1 Å². The summed E-state index contributed by atoms with van der Waals surface area (Å²) in [5, 5.41) is 10.7. The fourth-order valence-electron chi connectivity index (χ4n) is 3.36. The van der Waals surface area contributed by atoms with Crippen LogP contribution in [0.4, 0.5) is 10.1 Å². The van der Waals surface area contributed by atoms with Gasteiger partial charge in [0.15, 0.2) is 11.5 Å². The van der Waals surface area contributed by atoms with E-state index in [1.165, 1.54) is 15.9 Å². The zero-order valence-corrected chi connectivity index (χ0v) is 18.4. The molecule has 0 atom stereocenters. The molecule has 32 heavy (non-hydrogen) atoms. The SMILES string of the molecule is CCOC(=O)Cc1cscc1NC(=O)c1nc(-c2cccc(CC)c2F)nn2cccc12. The lowest BCUT2D eigenvalue weighted by Crippen LogP contribution is -2.18. The van der Waals surface area contributed by atoms with Crippen molar-refractivity contribution in [3.05, 3.63) is 69.9 Å². The summed E-state index contributed by atoms with van der Waals surface area (Å²) in [5.41, 5.74) is 2.54. The number of halogens is 1. The van der Waals surface area contributed by atoms with Crippen molar-refractivity contribution in [2.45, 2.75) is 26.7 Å². The Morgan fingerprint density at radius 1 is 1.16 bits per heavy atom. The van der Waals surface area contributed by atoms with Gasteiger partial charge in [0.2, 0.25) is 0 Å². The Hall–Kier alpha value is -3.59. The van der Waals surface area contributed by atoms with Gasteiger partial charge in [0.25, 0.3) is 5.91 Å². The molecule has 0 spiro atoms. The first kappa shape index (κ1) is 21.6. The number of nitrogens with zero attached hydrogens (tertiary/aromatic N) is 3. The van der Waals surface area contributed by atoms with Gasteiger partial charge in [-0.15, -0.1) is 16.4 Å². The van der Waals surface area contributed by atoms with E-state index in [1.54, 1.807) is 54.2 Å². The third-order valence-electron chi connectivity index (χ3n) is 4.94. The number of fused-ring (bicyclic) bond motifs is 1. The summed E-state index contributed by atoms with van der Waals surface area (Å²) < 4.78 is 21.4. The van der Waals surface area contributed by atoms with E-state index in [9.17, 15) is 14.0 Å². The molecule has 0 aliphatic carbocycles. The Bertz CT molecular complexity index is 1300. The molecular weight excluding hydrogens is 431 g/mol. The molecule has 9 heteroatoms. The summed E-state index contributed by atoms with van der Waals surface area (Å²) in [6.07, 6.45) is 2.26. The molecular formula is C23H21FN4O3S. The summed E-state index contributed by atoms with van der Waals surface area (Å²) in [6, 6.07) is 8.50. The molecule has 0 aliphatic heterocycles.